The van der Waals surface area contributed by atoms with Gasteiger partial charge in [-0.1, -0.05) is 18.8 Å². The summed E-state index contributed by atoms with van der Waals surface area (Å²) in [6.07, 6.45) is 0. The van der Waals surface area contributed by atoms with Crippen molar-refractivity contribution < 1.29 is 14.6 Å². The van der Waals surface area contributed by atoms with Crippen molar-refractivity contribution in [3.63, 3.8) is 0 Å². The Kier molecular flexibility index (Phi) is 5.05. The molecule has 140 valence electrons. The van der Waals surface area contributed by atoms with Gasteiger partial charge in [0.25, 0.3) is 5.91 Å². The molecule has 7 heteroatoms. The molecule has 3 rings (SSSR count). The number of aliphatic imine (C=N–C) groups is 1. The number of nitrogens with zero attached hydrogens (tertiary/aromatic N) is 2. The van der Waals surface area contributed by atoms with E-state index in [0.29, 0.717) is 29.3 Å². The SMILES string of the molecule is CN=C(C)C(C)(O)C#Cc1ccc2c(c1)-c1nc(C(N)=O)sc1C(C)CO2. The van der Waals surface area contributed by atoms with Gasteiger partial charge in [-0.25, -0.2) is 4.98 Å². The molecule has 1 aliphatic heterocycles. The number of aliphatic hydroxyl groups is 1. The van der Waals surface area contributed by atoms with Crippen LogP contribution < -0.4 is 10.5 Å². The Morgan fingerprint density at radius 3 is 2.93 bits per heavy atom. The van der Waals surface area contributed by atoms with Gasteiger partial charge in [-0.2, -0.15) is 0 Å². The maximum atomic E-state index is 11.6. The van der Waals surface area contributed by atoms with Crippen molar-refractivity contribution in [3.05, 3.63) is 33.6 Å². The van der Waals surface area contributed by atoms with Crippen molar-refractivity contribution in [2.75, 3.05) is 13.7 Å². The summed E-state index contributed by atoms with van der Waals surface area (Å²) in [6.45, 7) is 5.85. The first kappa shape index (κ1) is 19.1. The van der Waals surface area contributed by atoms with Gasteiger partial charge in [0.05, 0.1) is 18.0 Å². The molecule has 0 spiro atoms. The Hall–Kier alpha value is -2.69. The minimum absolute atomic E-state index is 0.0942. The molecule has 6 nitrogen and oxygen atoms in total. The number of nitrogens with two attached hydrogens (primary N) is 1. The van der Waals surface area contributed by atoms with Gasteiger partial charge in [0.15, 0.2) is 10.6 Å². The predicted octanol–water partition coefficient (Wildman–Crippen LogP) is 2.60. The van der Waals surface area contributed by atoms with E-state index < -0.39 is 11.5 Å². The van der Waals surface area contributed by atoms with Crippen molar-refractivity contribution >= 4 is 23.0 Å². The van der Waals surface area contributed by atoms with Crippen LogP contribution in [0, 0.1) is 11.8 Å². The second-order valence-corrected chi connectivity index (χ2v) is 7.68. The summed E-state index contributed by atoms with van der Waals surface area (Å²) in [4.78, 5) is 21.0. The number of hydrogen-bond acceptors (Lipinski definition) is 6. The van der Waals surface area contributed by atoms with E-state index in [-0.39, 0.29) is 10.9 Å². The number of primary amides is 1. The molecular weight excluding hydrogens is 362 g/mol. The lowest BCUT2D eigenvalue weighted by Gasteiger charge is -2.15. The molecule has 1 aliphatic rings. The van der Waals surface area contributed by atoms with Crippen LogP contribution in [-0.4, -0.2) is 41.0 Å². The first-order chi connectivity index (χ1) is 12.7. The summed E-state index contributed by atoms with van der Waals surface area (Å²) in [5.74, 6) is 6.08. The molecule has 1 aromatic carbocycles. The van der Waals surface area contributed by atoms with Crippen LogP contribution in [0.2, 0.25) is 0 Å². The molecule has 2 heterocycles. The summed E-state index contributed by atoms with van der Waals surface area (Å²) < 4.78 is 5.89. The number of ether oxygens (including phenoxy) is 1. The smallest absolute Gasteiger partial charge is 0.277 e. The summed E-state index contributed by atoms with van der Waals surface area (Å²) in [5.41, 5.74) is 6.82. The zero-order valence-electron chi connectivity index (χ0n) is 15.7. The van der Waals surface area contributed by atoms with Crippen LogP contribution in [0.5, 0.6) is 5.75 Å². The van der Waals surface area contributed by atoms with E-state index in [4.69, 9.17) is 10.5 Å². The number of aromatic nitrogens is 1. The van der Waals surface area contributed by atoms with Crippen LogP contribution >= 0.6 is 11.3 Å². The zero-order chi connectivity index (χ0) is 19.8. The number of rotatable bonds is 2. The van der Waals surface area contributed by atoms with Crippen LogP contribution in [-0.2, 0) is 0 Å². The maximum Gasteiger partial charge on any atom is 0.277 e. The monoisotopic (exact) mass is 383 g/mol. The molecule has 0 saturated carbocycles. The van der Waals surface area contributed by atoms with Crippen LogP contribution in [0.4, 0.5) is 0 Å². The summed E-state index contributed by atoms with van der Waals surface area (Å²) in [5, 5.41) is 10.7. The van der Waals surface area contributed by atoms with Gasteiger partial charge in [-0.15, -0.1) is 11.3 Å². The minimum atomic E-state index is -1.31. The van der Waals surface area contributed by atoms with Gasteiger partial charge in [0.1, 0.15) is 5.75 Å². The first-order valence-electron chi connectivity index (χ1n) is 8.50. The fourth-order valence-corrected chi connectivity index (χ4v) is 3.64. The van der Waals surface area contributed by atoms with E-state index in [0.717, 1.165) is 10.4 Å². The van der Waals surface area contributed by atoms with Gasteiger partial charge < -0.3 is 15.6 Å². The van der Waals surface area contributed by atoms with Crippen LogP contribution in [0.1, 0.15) is 46.9 Å². The molecule has 0 bridgehead atoms. The highest BCUT2D eigenvalue weighted by molar-refractivity contribution is 7.14. The molecule has 0 radical (unpaired) electrons. The molecule has 1 amide bonds. The maximum absolute atomic E-state index is 11.6. The number of hydrogen-bond donors (Lipinski definition) is 2. The van der Waals surface area contributed by atoms with Gasteiger partial charge >= 0.3 is 0 Å². The van der Waals surface area contributed by atoms with E-state index >= 15 is 0 Å². The van der Waals surface area contributed by atoms with Crippen molar-refractivity contribution in [1.82, 2.24) is 4.98 Å². The zero-order valence-corrected chi connectivity index (χ0v) is 16.5. The van der Waals surface area contributed by atoms with Crippen molar-refractivity contribution in [2.45, 2.75) is 32.3 Å². The fraction of sp³-hybridized carbons (Fsp3) is 0.350. The molecule has 0 aliphatic carbocycles. The summed E-state index contributed by atoms with van der Waals surface area (Å²) in [6, 6.07) is 5.52. The highest BCUT2D eigenvalue weighted by Gasteiger charge is 2.26. The lowest BCUT2D eigenvalue weighted by atomic mass is 10.00. The van der Waals surface area contributed by atoms with E-state index in [1.807, 2.05) is 25.1 Å². The van der Waals surface area contributed by atoms with Crippen molar-refractivity contribution in [2.24, 2.45) is 10.7 Å². The van der Waals surface area contributed by atoms with Crippen LogP contribution in [0.15, 0.2) is 23.2 Å². The number of carbonyl (C=O) groups excluding carboxylic acids is 1. The van der Waals surface area contributed by atoms with E-state index in [1.54, 1.807) is 20.9 Å². The molecular formula is C20H21N3O3S. The predicted molar refractivity (Wildman–Crippen MR) is 107 cm³/mol. The second kappa shape index (κ2) is 7.14. The third-order valence-corrected chi connectivity index (χ3v) is 5.83. The molecule has 0 fully saturated rings. The van der Waals surface area contributed by atoms with Crippen molar-refractivity contribution in [3.8, 4) is 28.8 Å². The van der Waals surface area contributed by atoms with Crippen molar-refractivity contribution in [1.29, 1.82) is 0 Å². The molecule has 27 heavy (non-hydrogen) atoms. The number of amides is 1. The molecule has 2 aromatic rings. The van der Waals surface area contributed by atoms with Gasteiger partial charge in [-0.3, -0.25) is 9.79 Å². The number of fused-ring (bicyclic) bond motifs is 3. The molecule has 3 N–H and O–H groups in total. The van der Waals surface area contributed by atoms with Gasteiger partial charge in [0.2, 0.25) is 0 Å². The number of thiazole rings is 1. The van der Waals surface area contributed by atoms with E-state index in [2.05, 4.69) is 21.8 Å². The lowest BCUT2D eigenvalue weighted by molar-refractivity contribution is 0.1000. The standard InChI is InChI=1S/C20H21N3O3S/c1-11-10-26-15-6-5-13(7-8-20(3,25)12(2)22-4)9-14(15)16-17(11)27-19(23-16)18(21)24/h5-6,9,11,25H,10H2,1-4H3,(H2,21,24). The number of carbonyl (C=O) groups is 1. The third-order valence-electron chi connectivity index (χ3n) is 4.53. The Balaban J connectivity index is 2.09. The lowest BCUT2D eigenvalue weighted by Crippen LogP contribution is -2.31. The Morgan fingerprint density at radius 1 is 1.52 bits per heavy atom. The second-order valence-electron chi connectivity index (χ2n) is 6.65. The average molecular weight is 383 g/mol. The van der Waals surface area contributed by atoms with Crippen LogP contribution in [0.25, 0.3) is 11.3 Å². The molecule has 2 unspecified atom stereocenters. The Bertz CT molecular complexity index is 996. The summed E-state index contributed by atoms with van der Waals surface area (Å²) in [7, 11) is 1.62. The third kappa shape index (κ3) is 3.72. The highest BCUT2D eigenvalue weighted by atomic mass is 32.1. The first-order valence-corrected chi connectivity index (χ1v) is 9.31. The molecule has 2 atom stereocenters. The Labute approximate surface area is 162 Å². The topological polar surface area (TPSA) is 97.8 Å². The fourth-order valence-electron chi connectivity index (χ4n) is 2.68. The minimum Gasteiger partial charge on any atom is -0.492 e. The molecule has 1 aromatic heterocycles. The summed E-state index contributed by atoms with van der Waals surface area (Å²) >= 11 is 1.30. The van der Waals surface area contributed by atoms with Gasteiger partial charge in [0, 0.05) is 29.0 Å². The number of benzene rings is 1. The average Bonchev–Trinajstić information content (AvgIpc) is 3.05. The quantitative estimate of drug-likeness (QED) is 0.615. The normalized spacial score (nSPS) is 18.1. The van der Waals surface area contributed by atoms with E-state index in [9.17, 15) is 9.90 Å². The largest absolute Gasteiger partial charge is 0.492 e. The Morgan fingerprint density at radius 2 is 2.26 bits per heavy atom. The van der Waals surface area contributed by atoms with Gasteiger partial charge in [-0.05, 0) is 32.0 Å². The highest BCUT2D eigenvalue weighted by Crippen LogP contribution is 2.41. The van der Waals surface area contributed by atoms with E-state index in [1.165, 1.54) is 11.3 Å². The van der Waals surface area contributed by atoms with Crippen LogP contribution in [0.3, 0.4) is 0 Å². The molecule has 0 saturated heterocycles.